The van der Waals surface area contributed by atoms with E-state index in [0.29, 0.717) is 0 Å². The Morgan fingerprint density at radius 3 is 0.658 bits per heavy atom. The molecule has 0 radical (unpaired) electrons. The second-order valence-corrected chi connectivity index (χ2v) is 16.1. The van der Waals surface area contributed by atoms with E-state index in [9.17, 15) is 92.3 Å². The summed E-state index contributed by atoms with van der Waals surface area (Å²) in [5, 5.41) is 86.3. The van der Waals surface area contributed by atoms with Gasteiger partial charge in [-0.15, -0.1) is 0 Å². The van der Waals surface area contributed by atoms with Crippen LogP contribution in [0.1, 0.15) is 34.6 Å². The van der Waals surface area contributed by atoms with Crippen LogP contribution in [-0.2, 0) is 71.9 Å². The molecule has 0 bridgehead atoms. The fourth-order valence-corrected chi connectivity index (χ4v) is 5.41. The van der Waals surface area contributed by atoms with Gasteiger partial charge in [-0.25, -0.2) is 4.79 Å². The molecule has 0 unspecified atom stereocenters. The minimum atomic E-state index is -1.70. The molecule has 76 heavy (non-hydrogen) atoms. The summed E-state index contributed by atoms with van der Waals surface area (Å²) in [6.07, 6.45) is 0. The van der Waals surface area contributed by atoms with Crippen LogP contribution >= 0.6 is 0 Å². The van der Waals surface area contributed by atoms with Crippen molar-refractivity contribution in [2.45, 2.75) is 95.0 Å². The highest BCUT2D eigenvalue weighted by molar-refractivity contribution is 5.98. The zero-order valence-corrected chi connectivity index (χ0v) is 41.7. The summed E-state index contributed by atoms with van der Waals surface area (Å²) < 4.78 is 0. The standard InChI is InChI=1S/C40H67N15O21/c1-16(46-26(61)6-41)31(66)51-21(11-56)36(71)42-7-27(62)47-17(2)32(67)52-22(12-57)37(72)43-8-28(63)48-18(3)33(68)53-23(13-58)38(73)44-9-29(64)49-19(4)34(69)54-24(14-59)39(74)45-10-30(65)50-20(5)35(70)55-25(15-60)40(75)76/h16-25,56-60H,6-15,41H2,1-5H3,(H,42,71)(H,43,72)(H,44,73)(H,45,74)(H,46,61)(H,47,62)(H,48,63)(H,49,64)(H,50,65)(H,51,66)(H,52,67)(H,53,68)(H,54,69)(H,55,70)(H,75,76)/t16-,17-,18-,19-,20-,21-,22-,23-,24-,25-/m0/s1. The number of rotatable bonds is 34. The lowest BCUT2D eigenvalue weighted by atomic mass is 10.2. The summed E-state index contributed by atoms with van der Waals surface area (Å²) in [4.78, 5) is 185. The maximum absolute atomic E-state index is 12.7. The maximum Gasteiger partial charge on any atom is 0.328 e. The molecule has 0 fully saturated rings. The molecule has 0 rings (SSSR count). The van der Waals surface area contributed by atoms with Gasteiger partial charge in [0.1, 0.15) is 60.4 Å². The van der Waals surface area contributed by atoms with Crippen molar-refractivity contribution in [3.63, 3.8) is 0 Å². The third-order valence-electron chi connectivity index (χ3n) is 9.79. The summed E-state index contributed by atoms with van der Waals surface area (Å²) in [6.45, 7) is -2.53. The lowest BCUT2D eigenvalue weighted by Crippen LogP contribution is -2.58. The molecule has 0 heterocycles. The number of nitrogens with two attached hydrogens (primary N) is 1. The third kappa shape index (κ3) is 25.7. The van der Waals surface area contributed by atoms with Crippen LogP contribution in [0, 0.1) is 0 Å². The van der Waals surface area contributed by atoms with Crippen LogP contribution in [-0.4, -0.2) is 245 Å². The van der Waals surface area contributed by atoms with E-state index in [0.717, 1.165) is 13.8 Å². The summed E-state index contributed by atoms with van der Waals surface area (Å²) in [5.74, 6) is -15.3. The molecular formula is C40H67N15O21. The quantitative estimate of drug-likeness (QED) is 0.0284. The number of amides is 14. The maximum atomic E-state index is 12.7. The molecule has 0 aromatic carbocycles. The number of aliphatic hydroxyl groups excluding tert-OH is 5. The molecule has 10 atom stereocenters. The summed E-state index contributed by atoms with van der Waals surface area (Å²) in [6, 6.07) is -14.9. The van der Waals surface area contributed by atoms with Gasteiger partial charge in [-0.3, -0.25) is 67.1 Å². The lowest BCUT2D eigenvalue weighted by molar-refractivity contribution is -0.143. The predicted molar refractivity (Wildman–Crippen MR) is 252 cm³/mol. The van der Waals surface area contributed by atoms with Crippen LogP contribution in [0.2, 0.25) is 0 Å². The Bertz CT molecular complexity index is 2120. The largest absolute Gasteiger partial charge is 0.480 e. The Hall–Kier alpha value is -8.19. The smallest absolute Gasteiger partial charge is 0.328 e. The molecule has 14 amide bonds. The van der Waals surface area contributed by atoms with Crippen molar-refractivity contribution in [2.24, 2.45) is 5.73 Å². The van der Waals surface area contributed by atoms with E-state index in [1.165, 1.54) is 20.8 Å². The van der Waals surface area contributed by atoms with E-state index in [4.69, 9.17) is 15.9 Å². The van der Waals surface area contributed by atoms with Crippen molar-refractivity contribution in [1.29, 1.82) is 0 Å². The Morgan fingerprint density at radius 1 is 0.303 bits per heavy atom. The van der Waals surface area contributed by atoms with Crippen molar-refractivity contribution in [3.8, 4) is 0 Å². The number of hydrogen-bond acceptors (Lipinski definition) is 21. The number of carboxylic acid groups (broad SMARTS) is 1. The second-order valence-electron chi connectivity index (χ2n) is 16.1. The number of aliphatic hydroxyl groups is 5. The molecule has 0 saturated heterocycles. The summed E-state index contributed by atoms with van der Waals surface area (Å²) in [5.41, 5.74) is 5.17. The summed E-state index contributed by atoms with van der Waals surface area (Å²) >= 11 is 0. The molecule has 0 saturated carbocycles. The van der Waals surface area contributed by atoms with Gasteiger partial charge in [-0.1, -0.05) is 0 Å². The van der Waals surface area contributed by atoms with Crippen LogP contribution in [0.3, 0.4) is 0 Å². The molecule has 0 spiro atoms. The second kappa shape index (κ2) is 35.1. The van der Waals surface area contributed by atoms with Gasteiger partial charge in [0.15, 0.2) is 0 Å². The first-order valence-corrected chi connectivity index (χ1v) is 22.7. The van der Waals surface area contributed by atoms with Gasteiger partial charge in [0.25, 0.3) is 0 Å². The zero-order valence-electron chi connectivity index (χ0n) is 41.7. The van der Waals surface area contributed by atoms with Crippen LogP contribution in [0.25, 0.3) is 0 Å². The number of hydrogen-bond donors (Lipinski definition) is 21. The van der Waals surface area contributed by atoms with Crippen LogP contribution < -0.4 is 80.2 Å². The van der Waals surface area contributed by atoms with Gasteiger partial charge in [0.05, 0.1) is 65.8 Å². The Labute approximate surface area is 431 Å². The highest BCUT2D eigenvalue weighted by Gasteiger charge is 2.30. The molecule has 0 aromatic heterocycles. The predicted octanol–water partition coefficient (Wildman–Crippen LogP) is -14.6. The van der Waals surface area contributed by atoms with E-state index >= 15 is 0 Å². The first-order valence-electron chi connectivity index (χ1n) is 22.7. The number of carbonyl (C=O) groups excluding carboxylic acids is 14. The van der Waals surface area contributed by atoms with Crippen molar-refractivity contribution in [1.82, 2.24) is 74.4 Å². The van der Waals surface area contributed by atoms with E-state index in [-0.39, 0.29) is 0 Å². The van der Waals surface area contributed by atoms with Gasteiger partial charge < -0.3 is 111 Å². The van der Waals surface area contributed by atoms with Crippen molar-refractivity contribution in [3.05, 3.63) is 0 Å². The van der Waals surface area contributed by atoms with E-state index in [1.54, 1.807) is 0 Å². The minimum absolute atomic E-state index is 0.413. The average Bonchev–Trinajstić information content (AvgIpc) is 3.37. The van der Waals surface area contributed by atoms with Crippen LogP contribution in [0.4, 0.5) is 0 Å². The molecule has 428 valence electrons. The van der Waals surface area contributed by atoms with Gasteiger partial charge in [0, 0.05) is 0 Å². The molecule has 0 aliphatic heterocycles. The number of nitrogens with one attached hydrogen (secondary N) is 14. The normalized spacial score (nSPS) is 14.6. The van der Waals surface area contributed by atoms with E-state index < -0.39 is 215 Å². The van der Waals surface area contributed by atoms with Crippen molar-refractivity contribution < 1.29 is 103 Å². The van der Waals surface area contributed by atoms with E-state index in [1.807, 2.05) is 5.32 Å². The van der Waals surface area contributed by atoms with Gasteiger partial charge in [0.2, 0.25) is 82.7 Å². The van der Waals surface area contributed by atoms with Gasteiger partial charge >= 0.3 is 5.97 Å². The van der Waals surface area contributed by atoms with E-state index in [2.05, 4.69) is 69.1 Å². The monoisotopic (exact) mass is 1090 g/mol. The van der Waals surface area contributed by atoms with Crippen LogP contribution in [0.15, 0.2) is 0 Å². The Morgan fingerprint density at radius 2 is 0.487 bits per heavy atom. The SMILES string of the molecule is C[C@H](NC(=O)CNC(=O)[C@H](CO)NC(=O)[C@H](C)NC(=O)CNC(=O)[C@H](CO)NC(=O)[C@H](C)NC(=O)CNC(=O)[C@H](CO)NC(=O)[C@H](C)NC(=O)CNC(=O)[C@H](CO)NC(=O)[C@H](C)NC(=O)CN)C(=O)N[C@@H](CO)C(=O)O. The molecule has 0 aliphatic carbocycles. The fraction of sp³-hybridized carbons (Fsp3) is 0.625. The Balaban J connectivity index is 4.94. The highest BCUT2D eigenvalue weighted by atomic mass is 16.4. The van der Waals surface area contributed by atoms with Gasteiger partial charge in [-0.05, 0) is 34.6 Å². The lowest BCUT2D eigenvalue weighted by Gasteiger charge is -2.21. The first-order chi connectivity index (χ1) is 35.6. The fourth-order valence-electron chi connectivity index (χ4n) is 5.41. The molecule has 22 N–H and O–H groups in total. The van der Waals surface area contributed by atoms with Crippen molar-refractivity contribution in [2.75, 3.05) is 65.8 Å². The molecule has 0 aliphatic rings. The Kier molecular flexibility index (Phi) is 31.3. The summed E-state index contributed by atoms with van der Waals surface area (Å²) in [7, 11) is 0. The highest BCUT2D eigenvalue weighted by Crippen LogP contribution is 1.95. The molecule has 36 nitrogen and oxygen atoms in total. The van der Waals surface area contributed by atoms with Crippen LogP contribution in [0.5, 0.6) is 0 Å². The number of carboxylic acids is 1. The minimum Gasteiger partial charge on any atom is -0.480 e. The first kappa shape index (κ1) is 67.8. The topological polar surface area (TPSA) is 572 Å². The third-order valence-corrected chi connectivity index (χ3v) is 9.79. The molecule has 0 aromatic rings. The molecule has 36 heteroatoms. The number of aliphatic carboxylic acids is 1. The van der Waals surface area contributed by atoms with Crippen molar-refractivity contribution >= 4 is 88.7 Å². The zero-order chi connectivity index (χ0) is 58.4. The van der Waals surface area contributed by atoms with Gasteiger partial charge in [-0.2, -0.15) is 0 Å². The molecular weight excluding hydrogens is 1030 g/mol. The number of carbonyl (C=O) groups is 15. The average molecular weight is 1090 g/mol.